The van der Waals surface area contributed by atoms with Crippen LogP contribution in [0.2, 0.25) is 0 Å². The van der Waals surface area contributed by atoms with Crippen molar-refractivity contribution in [2.45, 2.75) is 26.9 Å². The Morgan fingerprint density at radius 1 is 1.15 bits per heavy atom. The zero-order valence-corrected chi connectivity index (χ0v) is 16.4. The van der Waals surface area contributed by atoms with E-state index in [0.717, 1.165) is 5.56 Å². The summed E-state index contributed by atoms with van der Waals surface area (Å²) in [6.07, 6.45) is -0.648. The summed E-state index contributed by atoms with van der Waals surface area (Å²) in [4.78, 5) is 17.4. The van der Waals surface area contributed by atoms with Gasteiger partial charge in [-0.05, 0) is 32.0 Å². The van der Waals surface area contributed by atoms with Gasteiger partial charge in [0.2, 0.25) is 5.89 Å². The number of carbonyl (C=O) groups excluding carboxylic acids is 1. The Kier molecular flexibility index (Phi) is 5.41. The van der Waals surface area contributed by atoms with E-state index in [1.165, 1.54) is 11.3 Å². The molecule has 27 heavy (non-hydrogen) atoms. The van der Waals surface area contributed by atoms with Gasteiger partial charge in [-0.25, -0.2) is 9.78 Å². The van der Waals surface area contributed by atoms with Crippen LogP contribution >= 0.6 is 11.3 Å². The fraction of sp³-hybridized carbons (Fsp3) is 0.333. The van der Waals surface area contributed by atoms with Gasteiger partial charge in [0.25, 0.3) is 5.89 Å². The molecular weight excluding hydrogens is 370 g/mol. The second-order valence-corrected chi connectivity index (χ2v) is 6.71. The number of aromatic nitrogens is 3. The molecule has 0 saturated carbocycles. The van der Waals surface area contributed by atoms with Crippen molar-refractivity contribution >= 4 is 17.3 Å². The fourth-order valence-corrected chi connectivity index (χ4v) is 3.36. The van der Waals surface area contributed by atoms with E-state index in [2.05, 4.69) is 15.2 Å². The van der Waals surface area contributed by atoms with Crippen molar-refractivity contribution in [2.75, 3.05) is 14.2 Å². The summed E-state index contributed by atoms with van der Waals surface area (Å²) in [7, 11) is 3.14. The smallest absolute Gasteiger partial charge is 0.351 e. The molecule has 0 aliphatic heterocycles. The number of methoxy groups -OCH3 is 2. The van der Waals surface area contributed by atoms with Gasteiger partial charge in [0, 0.05) is 12.5 Å². The lowest BCUT2D eigenvalue weighted by Gasteiger charge is -2.08. The van der Waals surface area contributed by atoms with Crippen molar-refractivity contribution in [1.29, 1.82) is 0 Å². The fourth-order valence-electron chi connectivity index (χ4n) is 2.42. The highest BCUT2D eigenvalue weighted by molar-refractivity contribution is 7.17. The number of rotatable bonds is 6. The molecule has 3 rings (SSSR count). The predicted molar refractivity (Wildman–Crippen MR) is 98.3 cm³/mol. The van der Waals surface area contributed by atoms with Crippen LogP contribution in [0.1, 0.15) is 40.2 Å². The molecule has 9 heteroatoms. The molecule has 1 unspecified atom stereocenters. The minimum atomic E-state index is -0.648. The first-order valence-electron chi connectivity index (χ1n) is 8.13. The molecule has 8 nitrogen and oxygen atoms in total. The highest BCUT2D eigenvalue weighted by atomic mass is 32.1. The van der Waals surface area contributed by atoms with Gasteiger partial charge in [0.05, 0.1) is 19.9 Å². The number of ether oxygens (including phenoxy) is 3. The van der Waals surface area contributed by atoms with Gasteiger partial charge in [-0.15, -0.1) is 21.5 Å². The number of hydrogen-bond donors (Lipinski definition) is 0. The monoisotopic (exact) mass is 389 g/mol. The van der Waals surface area contributed by atoms with Crippen LogP contribution < -0.4 is 9.47 Å². The highest BCUT2D eigenvalue weighted by Gasteiger charge is 2.23. The van der Waals surface area contributed by atoms with Gasteiger partial charge < -0.3 is 18.6 Å². The number of carbonyl (C=O) groups is 1. The third kappa shape index (κ3) is 3.92. The van der Waals surface area contributed by atoms with Crippen molar-refractivity contribution < 1.29 is 23.4 Å². The second-order valence-electron chi connectivity index (χ2n) is 5.71. The molecule has 142 valence electrons. The van der Waals surface area contributed by atoms with Crippen LogP contribution in [0.15, 0.2) is 22.6 Å². The molecule has 2 aromatic heterocycles. The summed E-state index contributed by atoms with van der Waals surface area (Å²) in [5.41, 5.74) is 1.41. The van der Waals surface area contributed by atoms with E-state index in [4.69, 9.17) is 18.6 Å². The third-order valence-corrected chi connectivity index (χ3v) is 4.97. The van der Waals surface area contributed by atoms with E-state index in [9.17, 15) is 4.79 Å². The van der Waals surface area contributed by atoms with E-state index in [0.29, 0.717) is 33.0 Å². The largest absolute Gasteiger partial charge is 0.493 e. The van der Waals surface area contributed by atoms with Crippen LogP contribution in [0.4, 0.5) is 0 Å². The van der Waals surface area contributed by atoms with Crippen molar-refractivity contribution in [3.8, 4) is 22.1 Å². The molecule has 0 aliphatic carbocycles. The van der Waals surface area contributed by atoms with Gasteiger partial charge in [-0.1, -0.05) is 0 Å². The average Bonchev–Trinajstić information content (AvgIpc) is 3.27. The molecule has 1 atom stereocenters. The van der Waals surface area contributed by atoms with E-state index in [-0.39, 0.29) is 5.89 Å². The van der Waals surface area contributed by atoms with Crippen LogP contribution in [-0.2, 0) is 4.74 Å². The Balaban J connectivity index is 1.82. The van der Waals surface area contributed by atoms with Crippen LogP contribution in [-0.4, -0.2) is 35.4 Å². The predicted octanol–water partition coefficient (Wildman–Crippen LogP) is 3.75. The summed E-state index contributed by atoms with van der Waals surface area (Å²) >= 11 is 1.25. The Morgan fingerprint density at radius 2 is 1.89 bits per heavy atom. The number of aryl methyl sites for hydroxylation is 2. The number of esters is 1. The van der Waals surface area contributed by atoms with E-state index >= 15 is 0 Å². The van der Waals surface area contributed by atoms with Crippen molar-refractivity contribution in [3.63, 3.8) is 0 Å². The van der Waals surface area contributed by atoms with Crippen LogP contribution in [0.5, 0.6) is 11.5 Å². The van der Waals surface area contributed by atoms with E-state index in [1.807, 2.05) is 12.1 Å². The molecule has 0 N–H and O–H groups in total. The van der Waals surface area contributed by atoms with Crippen LogP contribution in [0.3, 0.4) is 0 Å². The molecule has 0 saturated heterocycles. The number of nitrogens with zero attached hydrogens (tertiary/aromatic N) is 3. The van der Waals surface area contributed by atoms with Crippen molar-refractivity contribution in [3.05, 3.63) is 40.6 Å². The molecular formula is C18H19N3O5S. The zero-order chi connectivity index (χ0) is 19.6. The maximum Gasteiger partial charge on any atom is 0.351 e. The van der Waals surface area contributed by atoms with Gasteiger partial charge >= 0.3 is 5.97 Å². The molecule has 0 spiro atoms. The Hall–Kier alpha value is -2.94. The first-order chi connectivity index (χ1) is 12.9. The Morgan fingerprint density at radius 3 is 2.52 bits per heavy atom. The SMILES string of the molecule is COc1ccc(-c2nc(C)c(C(=O)OC(C)c3nnc(C)o3)s2)cc1OC. The van der Waals surface area contributed by atoms with Gasteiger partial charge in [-0.3, -0.25) is 0 Å². The normalized spacial score (nSPS) is 11.9. The molecule has 0 aliphatic rings. The molecule has 0 radical (unpaired) electrons. The first-order valence-corrected chi connectivity index (χ1v) is 8.95. The number of thiazole rings is 1. The lowest BCUT2D eigenvalue weighted by molar-refractivity contribution is 0.0281. The van der Waals surface area contributed by atoms with Gasteiger partial charge in [0.15, 0.2) is 17.6 Å². The molecule has 3 aromatic rings. The third-order valence-electron chi connectivity index (χ3n) is 3.79. The van der Waals surface area contributed by atoms with E-state index < -0.39 is 12.1 Å². The minimum absolute atomic E-state index is 0.253. The lowest BCUT2D eigenvalue weighted by Crippen LogP contribution is -2.09. The van der Waals surface area contributed by atoms with Gasteiger partial charge in [0.1, 0.15) is 9.88 Å². The van der Waals surface area contributed by atoms with Crippen LogP contribution in [0.25, 0.3) is 10.6 Å². The van der Waals surface area contributed by atoms with Crippen molar-refractivity contribution in [1.82, 2.24) is 15.2 Å². The Bertz CT molecular complexity index is 966. The summed E-state index contributed by atoms with van der Waals surface area (Å²) < 4.78 is 21.3. The molecule has 0 fully saturated rings. The molecule has 0 bridgehead atoms. The lowest BCUT2D eigenvalue weighted by atomic mass is 10.2. The standard InChI is InChI=1S/C18H19N3O5S/c1-9-15(18(22)25-10(2)16-21-20-11(3)26-16)27-17(19-9)12-6-7-13(23-4)14(8-12)24-5/h6-8,10H,1-5H3. The molecule has 1 aromatic carbocycles. The molecule has 0 amide bonds. The summed E-state index contributed by atoms with van der Waals surface area (Å²) in [6.45, 7) is 5.11. The highest BCUT2D eigenvalue weighted by Crippen LogP contribution is 2.35. The number of benzene rings is 1. The quantitative estimate of drug-likeness (QED) is 0.588. The van der Waals surface area contributed by atoms with Crippen LogP contribution in [0, 0.1) is 13.8 Å². The maximum atomic E-state index is 12.5. The number of hydrogen-bond acceptors (Lipinski definition) is 9. The van der Waals surface area contributed by atoms with Crippen molar-refractivity contribution in [2.24, 2.45) is 0 Å². The molecule has 2 heterocycles. The summed E-state index contributed by atoms with van der Waals surface area (Å²) in [5.74, 6) is 1.39. The summed E-state index contributed by atoms with van der Waals surface area (Å²) in [6, 6.07) is 5.47. The second kappa shape index (κ2) is 7.75. The maximum absolute atomic E-state index is 12.5. The minimum Gasteiger partial charge on any atom is -0.493 e. The topological polar surface area (TPSA) is 96.6 Å². The van der Waals surface area contributed by atoms with E-state index in [1.54, 1.807) is 41.1 Å². The zero-order valence-electron chi connectivity index (χ0n) is 15.6. The van der Waals surface area contributed by atoms with Gasteiger partial charge in [-0.2, -0.15) is 0 Å². The summed E-state index contributed by atoms with van der Waals surface area (Å²) in [5, 5.41) is 8.29. The first kappa shape index (κ1) is 18.8. The average molecular weight is 389 g/mol. The Labute approximate surface area is 160 Å².